The molecule has 4 nitrogen and oxygen atoms in total. The number of benzene rings is 1. The Morgan fingerprint density at radius 2 is 1.45 bits per heavy atom. The van der Waals surface area contributed by atoms with Crippen molar-refractivity contribution in [3.05, 3.63) is 35.4 Å². The van der Waals surface area contributed by atoms with E-state index < -0.39 is 5.60 Å². The van der Waals surface area contributed by atoms with E-state index in [1.165, 1.54) is 44.1 Å². The third-order valence-electron chi connectivity index (χ3n) is 5.33. The second-order valence-electron chi connectivity index (χ2n) is 7.94. The summed E-state index contributed by atoms with van der Waals surface area (Å²) in [7, 11) is 0. The molecule has 1 aliphatic rings. The molecule has 1 aromatic rings. The summed E-state index contributed by atoms with van der Waals surface area (Å²) in [6.07, 6.45) is 16.1. The van der Waals surface area contributed by atoms with Crippen LogP contribution in [0.1, 0.15) is 82.8 Å². The number of nitrogens with zero attached hydrogens (tertiary/aromatic N) is 2. The van der Waals surface area contributed by atoms with Crippen molar-refractivity contribution in [1.82, 2.24) is 0 Å². The molecule has 4 heteroatoms. The molecule has 0 unspecified atom stereocenters. The first-order chi connectivity index (χ1) is 14.3. The Morgan fingerprint density at radius 1 is 0.759 bits per heavy atom. The van der Waals surface area contributed by atoms with Crippen molar-refractivity contribution >= 4 is 12.4 Å². The third kappa shape index (κ3) is 8.79. The molecule has 0 bridgehead atoms. The van der Waals surface area contributed by atoms with Gasteiger partial charge in [-0.2, -0.15) is 0 Å². The van der Waals surface area contributed by atoms with Crippen molar-refractivity contribution in [1.29, 1.82) is 0 Å². The highest BCUT2D eigenvalue weighted by Gasteiger charge is 2.30. The Balaban J connectivity index is 1.82. The first-order valence-corrected chi connectivity index (χ1v) is 11.6. The second kappa shape index (κ2) is 14.5. The maximum atomic E-state index is 6.28. The average Bonchev–Trinajstić information content (AvgIpc) is 2.76. The minimum atomic E-state index is -0.624. The number of unbranched alkanes of at least 4 members (excludes halogenated alkanes) is 6. The lowest BCUT2D eigenvalue weighted by Crippen LogP contribution is -2.36. The molecule has 0 spiro atoms. The number of aryl methyl sites for hydroxylation is 1. The number of aliphatic imine (C=N–C) groups is 2. The Labute approximate surface area is 177 Å². The number of hydrogen-bond acceptors (Lipinski definition) is 4. The summed E-state index contributed by atoms with van der Waals surface area (Å²) < 4.78 is 11.8. The summed E-state index contributed by atoms with van der Waals surface area (Å²) in [5, 5.41) is 0. The number of ether oxygens (including phenoxy) is 2. The predicted molar refractivity (Wildman–Crippen MR) is 123 cm³/mol. The highest BCUT2D eigenvalue weighted by atomic mass is 16.5. The van der Waals surface area contributed by atoms with Gasteiger partial charge in [0.2, 0.25) is 0 Å². The van der Waals surface area contributed by atoms with Crippen LogP contribution in [0.3, 0.4) is 0 Å². The van der Waals surface area contributed by atoms with Crippen LogP contribution in [0.4, 0.5) is 0 Å². The van der Waals surface area contributed by atoms with E-state index >= 15 is 0 Å². The van der Waals surface area contributed by atoms with Gasteiger partial charge in [0.15, 0.2) is 5.60 Å². The first-order valence-electron chi connectivity index (χ1n) is 11.6. The summed E-state index contributed by atoms with van der Waals surface area (Å²) >= 11 is 0. The standard InChI is InChI=1S/C25H40N2O2/c1-3-5-6-7-8-9-12-23-13-15-24(16-14-23)25(20-26-22-27-21-25)29-19-11-10-18-28-17-4-2/h13-16,20-21H,3-12,17-19,22H2,1-2H3. The molecule has 0 aliphatic carbocycles. The van der Waals surface area contributed by atoms with Crippen molar-refractivity contribution < 1.29 is 9.47 Å². The van der Waals surface area contributed by atoms with Crippen molar-refractivity contribution in [3.63, 3.8) is 0 Å². The van der Waals surface area contributed by atoms with E-state index in [2.05, 4.69) is 48.1 Å². The Hall–Kier alpha value is -1.52. The van der Waals surface area contributed by atoms with Crippen LogP contribution < -0.4 is 0 Å². The zero-order chi connectivity index (χ0) is 20.6. The smallest absolute Gasteiger partial charge is 0.163 e. The monoisotopic (exact) mass is 400 g/mol. The summed E-state index contributed by atoms with van der Waals surface area (Å²) in [5.74, 6) is 0. The van der Waals surface area contributed by atoms with E-state index in [1.54, 1.807) is 0 Å². The average molecular weight is 401 g/mol. The molecular weight excluding hydrogens is 360 g/mol. The Kier molecular flexibility index (Phi) is 11.8. The van der Waals surface area contributed by atoms with Crippen LogP contribution in [0.5, 0.6) is 0 Å². The van der Waals surface area contributed by atoms with Gasteiger partial charge in [0.25, 0.3) is 0 Å². The third-order valence-corrected chi connectivity index (χ3v) is 5.33. The van der Waals surface area contributed by atoms with Gasteiger partial charge >= 0.3 is 0 Å². The molecule has 0 saturated heterocycles. The van der Waals surface area contributed by atoms with Gasteiger partial charge in [-0.15, -0.1) is 0 Å². The SMILES string of the molecule is CCCCCCCCc1ccc(C2(OCCCCOCCC)C=NCN=C2)cc1. The zero-order valence-corrected chi connectivity index (χ0v) is 18.6. The Morgan fingerprint density at radius 3 is 2.17 bits per heavy atom. The molecule has 0 amide bonds. The van der Waals surface area contributed by atoms with Gasteiger partial charge in [-0.25, -0.2) is 0 Å². The van der Waals surface area contributed by atoms with E-state index in [1.807, 2.05) is 12.4 Å². The zero-order valence-electron chi connectivity index (χ0n) is 18.6. The molecule has 0 aromatic heterocycles. The van der Waals surface area contributed by atoms with Gasteiger partial charge in [0, 0.05) is 32.2 Å². The highest BCUT2D eigenvalue weighted by molar-refractivity contribution is 5.95. The molecule has 1 heterocycles. The lowest BCUT2D eigenvalue weighted by Gasteiger charge is -2.28. The van der Waals surface area contributed by atoms with Crippen molar-refractivity contribution in [2.24, 2.45) is 9.98 Å². The largest absolute Gasteiger partial charge is 0.381 e. The first kappa shape index (κ1) is 23.8. The van der Waals surface area contributed by atoms with E-state index in [4.69, 9.17) is 9.47 Å². The molecule has 2 rings (SSSR count). The fraction of sp³-hybridized carbons (Fsp3) is 0.680. The van der Waals surface area contributed by atoms with E-state index in [0.717, 1.165) is 44.5 Å². The topological polar surface area (TPSA) is 43.2 Å². The van der Waals surface area contributed by atoms with Crippen LogP contribution >= 0.6 is 0 Å². The maximum absolute atomic E-state index is 6.28. The maximum Gasteiger partial charge on any atom is 0.163 e. The van der Waals surface area contributed by atoms with Crippen LogP contribution in [-0.2, 0) is 21.5 Å². The van der Waals surface area contributed by atoms with Crippen LogP contribution in [0.15, 0.2) is 34.3 Å². The lowest BCUT2D eigenvalue weighted by molar-refractivity contribution is 0.0508. The van der Waals surface area contributed by atoms with Crippen molar-refractivity contribution in [2.45, 2.75) is 83.7 Å². The van der Waals surface area contributed by atoms with E-state index in [9.17, 15) is 0 Å². The fourth-order valence-electron chi connectivity index (χ4n) is 3.58. The summed E-state index contributed by atoms with van der Waals surface area (Å²) in [5.41, 5.74) is 1.89. The fourth-order valence-corrected chi connectivity index (χ4v) is 3.58. The summed E-state index contributed by atoms with van der Waals surface area (Å²) in [6, 6.07) is 8.84. The van der Waals surface area contributed by atoms with Crippen LogP contribution in [-0.4, -0.2) is 38.9 Å². The molecule has 1 aliphatic heterocycles. The molecular formula is C25H40N2O2. The van der Waals surface area contributed by atoms with Crippen molar-refractivity contribution in [3.8, 4) is 0 Å². The van der Waals surface area contributed by atoms with Crippen molar-refractivity contribution in [2.75, 3.05) is 26.5 Å². The molecule has 29 heavy (non-hydrogen) atoms. The van der Waals surface area contributed by atoms with Gasteiger partial charge < -0.3 is 9.47 Å². The molecule has 1 aromatic carbocycles. The molecule has 0 radical (unpaired) electrons. The minimum Gasteiger partial charge on any atom is -0.381 e. The minimum absolute atomic E-state index is 0.492. The number of hydrogen-bond donors (Lipinski definition) is 0. The van der Waals surface area contributed by atoms with E-state index in [-0.39, 0.29) is 0 Å². The molecule has 0 N–H and O–H groups in total. The second-order valence-corrected chi connectivity index (χ2v) is 7.94. The van der Waals surface area contributed by atoms with Crippen LogP contribution in [0.2, 0.25) is 0 Å². The van der Waals surface area contributed by atoms with Gasteiger partial charge in [-0.3, -0.25) is 9.98 Å². The molecule has 162 valence electrons. The van der Waals surface area contributed by atoms with Gasteiger partial charge in [-0.05, 0) is 43.2 Å². The van der Waals surface area contributed by atoms with Gasteiger partial charge in [0.1, 0.15) is 6.67 Å². The molecule has 0 fully saturated rings. The molecule has 0 saturated carbocycles. The normalized spacial score (nSPS) is 15.1. The highest BCUT2D eigenvalue weighted by Crippen LogP contribution is 2.25. The predicted octanol–water partition coefficient (Wildman–Crippen LogP) is 6.12. The lowest BCUT2D eigenvalue weighted by atomic mass is 9.93. The van der Waals surface area contributed by atoms with Gasteiger partial charge in [-0.1, -0.05) is 70.2 Å². The quantitative estimate of drug-likeness (QED) is 0.314. The van der Waals surface area contributed by atoms with Crippen LogP contribution in [0.25, 0.3) is 0 Å². The van der Waals surface area contributed by atoms with Gasteiger partial charge in [0.05, 0.1) is 0 Å². The van der Waals surface area contributed by atoms with Crippen LogP contribution in [0, 0.1) is 0 Å². The summed E-state index contributed by atoms with van der Waals surface area (Å²) in [4.78, 5) is 8.76. The molecule has 0 atom stereocenters. The summed E-state index contributed by atoms with van der Waals surface area (Å²) in [6.45, 7) is 7.21. The Bertz CT molecular complexity index is 583. The van der Waals surface area contributed by atoms with E-state index in [0.29, 0.717) is 13.3 Å². The number of rotatable bonds is 16.